The highest BCUT2D eigenvalue weighted by atomic mass is 32.1. The molecule has 1 N–H and O–H groups in total. The molecule has 0 aliphatic carbocycles. The molecule has 0 fully saturated rings. The molecular weight excluding hydrogens is 276 g/mol. The third kappa shape index (κ3) is 7.42. The second kappa shape index (κ2) is 7.23. The van der Waals surface area contributed by atoms with Gasteiger partial charge in [0.2, 0.25) is 0 Å². The van der Waals surface area contributed by atoms with Crippen LogP contribution in [0.1, 0.15) is 72.5 Å². The minimum absolute atomic E-state index is 0.159. The molecule has 1 unspecified atom stereocenters. The zero-order valence-corrected chi connectivity index (χ0v) is 16.0. The van der Waals surface area contributed by atoms with Crippen molar-refractivity contribution in [3.8, 4) is 0 Å². The highest BCUT2D eigenvalue weighted by molar-refractivity contribution is 7.09. The van der Waals surface area contributed by atoms with Crippen molar-refractivity contribution in [2.75, 3.05) is 6.54 Å². The zero-order chi connectivity index (χ0) is 16.3. The van der Waals surface area contributed by atoms with Crippen molar-refractivity contribution >= 4 is 11.3 Å². The molecule has 0 spiro atoms. The molecule has 0 radical (unpaired) electrons. The topological polar surface area (TPSA) is 24.9 Å². The number of thiazole rings is 1. The Hall–Kier alpha value is -0.410. The predicted molar refractivity (Wildman–Crippen MR) is 95.2 cm³/mol. The van der Waals surface area contributed by atoms with Gasteiger partial charge in [-0.15, -0.1) is 11.3 Å². The molecule has 0 amide bonds. The molecule has 0 saturated heterocycles. The third-order valence-electron chi connectivity index (χ3n) is 3.51. The summed E-state index contributed by atoms with van der Waals surface area (Å²) < 4.78 is 0. The van der Waals surface area contributed by atoms with Crippen LogP contribution in [0.4, 0.5) is 0 Å². The molecule has 0 saturated carbocycles. The maximum absolute atomic E-state index is 4.86. The van der Waals surface area contributed by atoms with Gasteiger partial charge in [0.1, 0.15) is 0 Å². The van der Waals surface area contributed by atoms with E-state index in [2.05, 4.69) is 66.1 Å². The van der Waals surface area contributed by atoms with Crippen molar-refractivity contribution in [3.63, 3.8) is 0 Å². The summed E-state index contributed by atoms with van der Waals surface area (Å²) in [5.41, 5.74) is 1.58. The molecule has 122 valence electrons. The first-order valence-electron chi connectivity index (χ1n) is 8.17. The Labute approximate surface area is 135 Å². The van der Waals surface area contributed by atoms with Gasteiger partial charge >= 0.3 is 0 Å². The van der Waals surface area contributed by atoms with Gasteiger partial charge in [-0.25, -0.2) is 4.98 Å². The Kier molecular flexibility index (Phi) is 6.42. The van der Waals surface area contributed by atoms with Crippen molar-refractivity contribution in [2.24, 2.45) is 11.8 Å². The summed E-state index contributed by atoms with van der Waals surface area (Å²) in [4.78, 5) is 4.86. The number of rotatable bonds is 6. The normalized spacial score (nSPS) is 14.7. The quantitative estimate of drug-likeness (QED) is 0.796. The van der Waals surface area contributed by atoms with Gasteiger partial charge in [-0.3, -0.25) is 0 Å². The van der Waals surface area contributed by atoms with Crippen LogP contribution in [0.25, 0.3) is 0 Å². The molecule has 0 aliphatic heterocycles. The predicted octanol–water partition coefficient (Wildman–Crippen LogP) is 5.03. The van der Waals surface area contributed by atoms with E-state index >= 15 is 0 Å². The summed E-state index contributed by atoms with van der Waals surface area (Å²) in [6, 6.07) is 0. The van der Waals surface area contributed by atoms with Crippen LogP contribution in [0.5, 0.6) is 0 Å². The van der Waals surface area contributed by atoms with Crippen LogP contribution >= 0.6 is 11.3 Å². The number of nitrogens with one attached hydrogen (secondary N) is 1. The van der Waals surface area contributed by atoms with Crippen molar-refractivity contribution in [1.82, 2.24) is 10.3 Å². The highest BCUT2D eigenvalue weighted by Gasteiger charge is 2.20. The monoisotopic (exact) mass is 310 g/mol. The molecule has 1 rings (SSSR count). The van der Waals surface area contributed by atoms with Gasteiger partial charge < -0.3 is 5.32 Å². The fourth-order valence-electron chi connectivity index (χ4n) is 2.35. The van der Waals surface area contributed by atoms with Gasteiger partial charge in [0.05, 0.1) is 10.7 Å². The smallest absolute Gasteiger partial charge is 0.0931 e. The summed E-state index contributed by atoms with van der Waals surface area (Å²) in [7, 11) is 0. The van der Waals surface area contributed by atoms with Crippen LogP contribution in [0.2, 0.25) is 0 Å². The molecule has 1 heterocycles. The van der Waals surface area contributed by atoms with E-state index in [0.717, 1.165) is 18.9 Å². The molecule has 21 heavy (non-hydrogen) atoms. The number of aromatic nitrogens is 1. The molecule has 1 aromatic rings. The fraction of sp³-hybridized carbons (Fsp3) is 0.833. The average molecular weight is 311 g/mol. The van der Waals surface area contributed by atoms with E-state index < -0.39 is 0 Å². The van der Waals surface area contributed by atoms with Gasteiger partial charge in [-0.1, -0.05) is 34.6 Å². The summed E-state index contributed by atoms with van der Waals surface area (Å²) in [6.45, 7) is 19.1. The Morgan fingerprint density at radius 2 is 1.76 bits per heavy atom. The van der Waals surface area contributed by atoms with Crippen LogP contribution in [0.15, 0.2) is 5.38 Å². The summed E-state index contributed by atoms with van der Waals surface area (Å²) in [5, 5.41) is 7.19. The van der Waals surface area contributed by atoms with Crippen molar-refractivity contribution in [3.05, 3.63) is 16.1 Å². The lowest BCUT2D eigenvalue weighted by atomic mass is 9.92. The lowest BCUT2D eigenvalue weighted by molar-refractivity contribution is 0.331. The fourth-order valence-corrected chi connectivity index (χ4v) is 3.49. The Morgan fingerprint density at radius 1 is 1.14 bits per heavy atom. The second-order valence-corrected chi connectivity index (χ2v) is 9.65. The van der Waals surface area contributed by atoms with Crippen LogP contribution in [-0.4, -0.2) is 17.1 Å². The maximum atomic E-state index is 4.86. The van der Waals surface area contributed by atoms with Gasteiger partial charge in [0.25, 0.3) is 0 Å². The molecule has 0 aliphatic rings. The van der Waals surface area contributed by atoms with E-state index in [-0.39, 0.29) is 11.0 Å². The van der Waals surface area contributed by atoms with E-state index in [1.807, 2.05) is 11.3 Å². The van der Waals surface area contributed by atoms with Crippen molar-refractivity contribution in [1.29, 1.82) is 0 Å². The van der Waals surface area contributed by atoms with Crippen LogP contribution in [0.3, 0.4) is 0 Å². The van der Waals surface area contributed by atoms with E-state index in [1.54, 1.807) is 0 Å². The Balaban J connectivity index is 2.69. The van der Waals surface area contributed by atoms with Crippen molar-refractivity contribution in [2.45, 2.75) is 79.2 Å². The summed E-state index contributed by atoms with van der Waals surface area (Å²) >= 11 is 1.83. The Morgan fingerprint density at radius 3 is 2.19 bits per heavy atom. The molecule has 1 atom stereocenters. The third-order valence-corrected chi connectivity index (χ3v) is 4.38. The van der Waals surface area contributed by atoms with E-state index in [1.165, 1.54) is 17.1 Å². The lowest BCUT2D eigenvalue weighted by Crippen LogP contribution is -2.39. The van der Waals surface area contributed by atoms with Crippen molar-refractivity contribution < 1.29 is 0 Å². The van der Waals surface area contributed by atoms with Gasteiger partial charge in [0, 0.05) is 22.8 Å². The van der Waals surface area contributed by atoms with Gasteiger partial charge in [-0.2, -0.15) is 0 Å². The first kappa shape index (κ1) is 18.6. The molecule has 1 aromatic heterocycles. The number of hydrogen-bond acceptors (Lipinski definition) is 3. The molecule has 0 bridgehead atoms. The largest absolute Gasteiger partial charge is 0.312 e. The molecule has 3 heteroatoms. The molecule has 2 nitrogen and oxygen atoms in total. The first-order chi connectivity index (χ1) is 9.47. The SMILES string of the molecule is CC(C)CC(CNC(C)(C)C)Cc1nc(C(C)(C)C)cs1. The minimum atomic E-state index is 0.159. The van der Waals surface area contributed by atoms with Gasteiger partial charge in [-0.05, 0) is 45.6 Å². The number of nitrogens with zero attached hydrogens (tertiary/aromatic N) is 1. The Bertz CT molecular complexity index is 421. The first-order valence-corrected chi connectivity index (χ1v) is 9.05. The van der Waals surface area contributed by atoms with Crippen LogP contribution < -0.4 is 5.32 Å². The van der Waals surface area contributed by atoms with E-state index in [4.69, 9.17) is 4.98 Å². The lowest BCUT2D eigenvalue weighted by Gasteiger charge is -2.26. The summed E-state index contributed by atoms with van der Waals surface area (Å²) in [6.07, 6.45) is 2.36. The zero-order valence-electron chi connectivity index (χ0n) is 15.2. The molecule has 0 aromatic carbocycles. The van der Waals surface area contributed by atoms with E-state index in [0.29, 0.717) is 5.92 Å². The number of hydrogen-bond donors (Lipinski definition) is 1. The summed E-state index contributed by atoms with van der Waals surface area (Å²) in [5.74, 6) is 1.40. The molecular formula is C18H34N2S. The van der Waals surface area contributed by atoms with Crippen LogP contribution in [0, 0.1) is 11.8 Å². The maximum Gasteiger partial charge on any atom is 0.0931 e. The second-order valence-electron chi connectivity index (χ2n) is 8.71. The van der Waals surface area contributed by atoms with E-state index in [9.17, 15) is 0 Å². The minimum Gasteiger partial charge on any atom is -0.312 e. The highest BCUT2D eigenvalue weighted by Crippen LogP contribution is 2.26. The van der Waals surface area contributed by atoms with Gasteiger partial charge in [0.15, 0.2) is 0 Å². The average Bonchev–Trinajstić information content (AvgIpc) is 2.72. The standard InChI is InChI=1S/C18H34N2S/c1-13(2)9-14(11-19-18(6,7)8)10-16-20-15(12-21-16)17(3,4)5/h12-14,19H,9-11H2,1-8H3. The van der Waals surface area contributed by atoms with Crippen LogP contribution in [-0.2, 0) is 11.8 Å².